The zero-order chi connectivity index (χ0) is 16.3. The van der Waals surface area contributed by atoms with Gasteiger partial charge in [-0.15, -0.1) is 0 Å². The van der Waals surface area contributed by atoms with Crippen molar-refractivity contribution < 1.29 is 14.0 Å². The van der Waals surface area contributed by atoms with Crippen molar-refractivity contribution in [2.45, 2.75) is 25.5 Å². The van der Waals surface area contributed by atoms with Gasteiger partial charge in [0, 0.05) is 30.9 Å². The van der Waals surface area contributed by atoms with E-state index in [-0.39, 0.29) is 18.1 Å². The van der Waals surface area contributed by atoms with Crippen molar-refractivity contribution in [3.05, 3.63) is 65.7 Å². The third-order valence-electron chi connectivity index (χ3n) is 3.70. The van der Waals surface area contributed by atoms with E-state index in [4.69, 9.17) is 4.84 Å². The van der Waals surface area contributed by atoms with Crippen LogP contribution in [-0.2, 0) is 16.2 Å². The lowest BCUT2D eigenvalue weighted by Gasteiger charge is -2.20. The molecule has 5 nitrogen and oxygen atoms in total. The van der Waals surface area contributed by atoms with Crippen LogP contribution in [0.4, 0.5) is 4.39 Å². The topological polar surface area (TPSA) is 63.6 Å². The van der Waals surface area contributed by atoms with Crippen molar-refractivity contribution in [2.75, 3.05) is 0 Å². The Morgan fingerprint density at radius 1 is 1.35 bits per heavy atom. The molecule has 3 rings (SSSR count). The van der Waals surface area contributed by atoms with Crippen LogP contribution in [0.15, 0.2) is 53.9 Å². The number of benzene rings is 1. The first-order chi connectivity index (χ1) is 11.1. The van der Waals surface area contributed by atoms with Gasteiger partial charge in [0.1, 0.15) is 5.82 Å². The molecule has 0 aliphatic carbocycles. The van der Waals surface area contributed by atoms with Gasteiger partial charge in [-0.3, -0.25) is 9.78 Å². The van der Waals surface area contributed by atoms with Gasteiger partial charge in [0.2, 0.25) is 5.60 Å². The van der Waals surface area contributed by atoms with Gasteiger partial charge in [-0.2, -0.15) is 0 Å². The molecule has 1 aromatic carbocycles. The van der Waals surface area contributed by atoms with Crippen LogP contribution in [-0.4, -0.2) is 22.2 Å². The van der Waals surface area contributed by atoms with E-state index in [1.807, 2.05) is 6.07 Å². The molecule has 1 aromatic heterocycles. The molecule has 0 saturated heterocycles. The highest BCUT2D eigenvalue weighted by Crippen LogP contribution is 2.27. The number of hydrogen-bond donors (Lipinski definition) is 1. The van der Waals surface area contributed by atoms with E-state index in [9.17, 15) is 9.18 Å². The van der Waals surface area contributed by atoms with Crippen LogP contribution in [0.5, 0.6) is 0 Å². The van der Waals surface area contributed by atoms with Gasteiger partial charge in [-0.05, 0) is 24.6 Å². The molecule has 1 amide bonds. The summed E-state index contributed by atoms with van der Waals surface area (Å²) in [5.74, 6) is -0.675. The number of nitrogens with zero attached hydrogens (tertiary/aromatic N) is 2. The summed E-state index contributed by atoms with van der Waals surface area (Å²) >= 11 is 0. The van der Waals surface area contributed by atoms with Crippen LogP contribution in [0.25, 0.3) is 0 Å². The number of aromatic nitrogens is 1. The van der Waals surface area contributed by atoms with Crippen molar-refractivity contribution in [1.82, 2.24) is 10.3 Å². The third kappa shape index (κ3) is 3.21. The van der Waals surface area contributed by atoms with Crippen LogP contribution in [0.1, 0.15) is 24.5 Å². The second kappa shape index (κ2) is 6.16. The summed E-state index contributed by atoms with van der Waals surface area (Å²) in [6.45, 7) is 1.99. The normalized spacial score (nSPS) is 19.8. The first-order valence-electron chi connectivity index (χ1n) is 7.26. The minimum atomic E-state index is -1.14. The lowest BCUT2D eigenvalue weighted by atomic mass is 9.95. The number of oxime groups is 1. The summed E-state index contributed by atoms with van der Waals surface area (Å²) in [6.07, 6.45) is 3.56. The predicted molar refractivity (Wildman–Crippen MR) is 83.1 cm³/mol. The van der Waals surface area contributed by atoms with Crippen molar-refractivity contribution in [3.63, 3.8) is 0 Å². The molecule has 0 saturated carbocycles. The average molecular weight is 313 g/mol. The van der Waals surface area contributed by atoms with Crippen molar-refractivity contribution in [2.24, 2.45) is 5.16 Å². The first kappa shape index (κ1) is 15.1. The van der Waals surface area contributed by atoms with Crippen LogP contribution >= 0.6 is 0 Å². The van der Waals surface area contributed by atoms with E-state index in [0.717, 1.165) is 5.56 Å². The molecule has 1 atom stereocenters. The standard InChI is InChI=1S/C17H16FN3O2/c1-17(16(22)20-11-12-5-4-8-19-10-12)9-15(21-23-17)13-6-2-3-7-14(13)18/h2-8,10H,9,11H2,1H3,(H,20,22)/t17-/m0/s1. The molecule has 23 heavy (non-hydrogen) atoms. The molecule has 1 N–H and O–H groups in total. The van der Waals surface area contributed by atoms with Gasteiger partial charge in [-0.1, -0.05) is 29.4 Å². The van der Waals surface area contributed by atoms with E-state index in [1.54, 1.807) is 43.6 Å². The maximum absolute atomic E-state index is 13.8. The summed E-state index contributed by atoms with van der Waals surface area (Å²) < 4.78 is 13.8. The Balaban J connectivity index is 1.65. The molecule has 6 heteroatoms. The quantitative estimate of drug-likeness (QED) is 0.943. The van der Waals surface area contributed by atoms with Gasteiger partial charge in [0.25, 0.3) is 5.91 Å². The number of rotatable bonds is 4. The lowest BCUT2D eigenvalue weighted by molar-refractivity contribution is -0.141. The molecule has 118 valence electrons. The average Bonchev–Trinajstić information content (AvgIpc) is 2.97. The molecule has 0 bridgehead atoms. The Labute approximate surface area is 133 Å². The fraction of sp³-hybridized carbons (Fsp3) is 0.235. The highest BCUT2D eigenvalue weighted by atomic mass is 19.1. The fourth-order valence-corrected chi connectivity index (χ4v) is 2.37. The molecule has 2 aromatic rings. The Hall–Kier alpha value is -2.76. The number of pyridine rings is 1. The Bertz CT molecular complexity index is 749. The summed E-state index contributed by atoms with van der Waals surface area (Å²) in [7, 11) is 0. The van der Waals surface area contributed by atoms with Gasteiger partial charge < -0.3 is 10.2 Å². The summed E-state index contributed by atoms with van der Waals surface area (Å²) in [5.41, 5.74) is 0.538. The molecule has 0 fully saturated rings. The summed E-state index contributed by atoms with van der Waals surface area (Å²) in [4.78, 5) is 21.7. The Kier molecular flexibility index (Phi) is 4.06. The van der Waals surface area contributed by atoms with Gasteiger partial charge in [0.05, 0.1) is 5.71 Å². The van der Waals surface area contributed by atoms with Gasteiger partial charge in [0.15, 0.2) is 0 Å². The van der Waals surface area contributed by atoms with Crippen LogP contribution in [0.3, 0.4) is 0 Å². The number of hydrogen-bond acceptors (Lipinski definition) is 4. The van der Waals surface area contributed by atoms with Crippen molar-refractivity contribution in [1.29, 1.82) is 0 Å². The third-order valence-corrected chi connectivity index (χ3v) is 3.70. The fourth-order valence-electron chi connectivity index (χ4n) is 2.37. The second-order valence-corrected chi connectivity index (χ2v) is 5.56. The minimum absolute atomic E-state index is 0.215. The Morgan fingerprint density at radius 3 is 2.91 bits per heavy atom. The monoisotopic (exact) mass is 313 g/mol. The van der Waals surface area contributed by atoms with E-state index in [0.29, 0.717) is 17.8 Å². The maximum Gasteiger partial charge on any atom is 0.267 e. The molecule has 2 heterocycles. The molecular weight excluding hydrogens is 297 g/mol. The first-order valence-corrected chi connectivity index (χ1v) is 7.26. The minimum Gasteiger partial charge on any atom is -0.379 e. The zero-order valence-corrected chi connectivity index (χ0v) is 12.6. The van der Waals surface area contributed by atoms with Crippen LogP contribution < -0.4 is 5.32 Å². The van der Waals surface area contributed by atoms with E-state index >= 15 is 0 Å². The van der Waals surface area contributed by atoms with Gasteiger partial charge in [-0.25, -0.2) is 4.39 Å². The van der Waals surface area contributed by atoms with Crippen LogP contribution in [0, 0.1) is 5.82 Å². The predicted octanol–water partition coefficient (Wildman–Crippen LogP) is 2.42. The summed E-state index contributed by atoms with van der Waals surface area (Å²) in [6, 6.07) is 9.97. The zero-order valence-electron chi connectivity index (χ0n) is 12.6. The van der Waals surface area contributed by atoms with Crippen molar-refractivity contribution in [3.8, 4) is 0 Å². The molecule has 1 aliphatic rings. The van der Waals surface area contributed by atoms with E-state index in [1.165, 1.54) is 6.07 Å². The van der Waals surface area contributed by atoms with E-state index < -0.39 is 5.60 Å². The molecule has 0 unspecified atom stereocenters. The van der Waals surface area contributed by atoms with Gasteiger partial charge >= 0.3 is 0 Å². The van der Waals surface area contributed by atoms with Crippen LogP contribution in [0.2, 0.25) is 0 Å². The smallest absolute Gasteiger partial charge is 0.267 e. The molecule has 1 aliphatic heterocycles. The molecule has 0 spiro atoms. The lowest BCUT2D eigenvalue weighted by Crippen LogP contribution is -2.44. The highest BCUT2D eigenvalue weighted by molar-refractivity contribution is 6.05. The second-order valence-electron chi connectivity index (χ2n) is 5.56. The van der Waals surface area contributed by atoms with E-state index in [2.05, 4.69) is 15.5 Å². The number of carbonyl (C=O) groups is 1. The SMILES string of the molecule is C[C@@]1(C(=O)NCc2cccnc2)CC(c2ccccc2F)=NO1. The Morgan fingerprint density at radius 2 is 2.17 bits per heavy atom. The molecule has 0 radical (unpaired) electrons. The number of nitrogens with one attached hydrogen (secondary N) is 1. The number of carbonyl (C=O) groups excluding carboxylic acids is 1. The number of halogens is 1. The number of amides is 1. The van der Waals surface area contributed by atoms with Crippen molar-refractivity contribution >= 4 is 11.6 Å². The highest BCUT2D eigenvalue weighted by Gasteiger charge is 2.42. The largest absolute Gasteiger partial charge is 0.379 e. The maximum atomic E-state index is 13.8. The molecular formula is C17H16FN3O2. The summed E-state index contributed by atoms with van der Waals surface area (Å²) in [5, 5.41) is 6.70.